The van der Waals surface area contributed by atoms with Crippen LogP contribution in [-0.4, -0.2) is 165 Å². The van der Waals surface area contributed by atoms with Gasteiger partial charge in [0.1, 0.15) is 176 Å². The van der Waals surface area contributed by atoms with Crippen molar-refractivity contribution in [3.8, 4) is 0 Å². The molecule has 0 spiro atoms. The number of furan rings is 1. The van der Waals surface area contributed by atoms with E-state index >= 15 is 0 Å². The first kappa shape index (κ1) is 40.8. The van der Waals surface area contributed by atoms with E-state index in [2.05, 4.69) is 172 Å². The largest absolute Gasteiger partial charge is 0.456 e. The minimum atomic E-state index is -0.485. The van der Waals surface area contributed by atoms with E-state index in [1.807, 2.05) is 0 Å². The minimum absolute atomic E-state index is 0.458. The van der Waals surface area contributed by atoms with Crippen LogP contribution in [0.15, 0.2) is 37.4 Å². The van der Waals surface area contributed by atoms with Crippen LogP contribution in [0, 0.1) is 0 Å². The molecule has 0 saturated heterocycles. The van der Waals surface area contributed by atoms with E-state index < -0.39 is 10.8 Å². The summed E-state index contributed by atoms with van der Waals surface area (Å²) in [5.41, 5.74) is 38.3. The highest BCUT2D eigenvalue weighted by Gasteiger charge is 2.64. The summed E-state index contributed by atoms with van der Waals surface area (Å²) in [7, 11) is 49.9. The standard InChI is InChI=1S/C35H45B21O/c1-34(10-7-17(42)12(37)5-6(16(41)24(49)21(46)15(5)40)30(7)57-31(10)29(54)32(34)55)35-8(18(43)26(51)28(53)33(35)56)2(3-9(35)19(44)25(50)20(45)11(3)36)4-13(38)22(47)27(52)23(48)14(4)39/h36-56H2,1H3. The van der Waals surface area contributed by atoms with Gasteiger partial charge in [0, 0.05) is 27.2 Å². The predicted molar refractivity (Wildman–Crippen MR) is 317 cm³/mol. The molecule has 0 fully saturated rings. The number of rotatable bonds is 2. The maximum atomic E-state index is 7.49. The molecular formula is C35H45B21O. The summed E-state index contributed by atoms with van der Waals surface area (Å²) in [5.74, 6) is 1.08. The second-order valence-electron chi connectivity index (χ2n) is 19.1. The predicted octanol–water partition coefficient (Wildman–Crippen LogP) is -23.6. The van der Waals surface area contributed by atoms with Crippen LogP contribution in [0.3, 0.4) is 0 Å². The summed E-state index contributed by atoms with van der Waals surface area (Å²) < 4.78 is 7.49. The average molecular weight is 709 g/mol. The van der Waals surface area contributed by atoms with Gasteiger partial charge in [-0.25, -0.2) is 0 Å². The highest BCUT2D eigenvalue weighted by molar-refractivity contribution is 6.72. The zero-order chi connectivity index (χ0) is 42.2. The number of benzene rings is 4. The Morgan fingerprint density at radius 3 is 1.32 bits per heavy atom. The summed E-state index contributed by atoms with van der Waals surface area (Å²) in [6.07, 6.45) is 0. The summed E-state index contributed by atoms with van der Waals surface area (Å²) in [4.78, 5) is 0. The van der Waals surface area contributed by atoms with Gasteiger partial charge in [-0.15, -0.1) is 60.1 Å². The van der Waals surface area contributed by atoms with Gasteiger partial charge in [0.15, 0.2) is 0 Å². The molecule has 3 aliphatic carbocycles. The fraction of sp³-hybridized carbons (Fsp3) is 0.0857. The Hall–Kier alpha value is -3.00. The van der Waals surface area contributed by atoms with Crippen molar-refractivity contribution in [2.75, 3.05) is 0 Å². The SMILES string of the molecule is BC1=C(B)C2=C(c3c(B)c(B)c(B)c(B)c3B)c3c(B)c(B)c(B)c(B)c3C2(C2(C)C(B)=C(B)c3oc4c(c(B)c(B)c5c(B)c(B)c(B)c(B)c54)c32)C(B)=C1B. The zero-order valence-corrected chi connectivity index (χ0v) is 39.4. The molecule has 0 saturated carbocycles. The molecule has 0 radical (unpaired) electrons. The van der Waals surface area contributed by atoms with Gasteiger partial charge in [-0.1, -0.05) is 61.6 Å². The van der Waals surface area contributed by atoms with Crippen LogP contribution in [0.5, 0.6) is 0 Å². The van der Waals surface area contributed by atoms with E-state index in [4.69, 9.17) is 4.42 Å². The maximum Gasteiger partial charge on any atom is 0.143 e. The van der Waals surface area contributed by atoms with Crippen LogP contribution in [-0.2, 0) is 10.8 Å². The second-order valence-corrected chi connectivity index (χ2v) is 19.1. The van der Waals surface area contributed by atoms with E-state index in [1.54, 1.807) is 0 Å². The normalized spacial score (nSPS) is 20.3. The van der Waals surface area contributed by atoms with Crippen LogP contribution in [0.1, 0.15) is 34.9 Å². The fourth-order valence-corrected chi connectivity index (χ4v) is 12.8. The Labute approximate surface area is 360 Å². The molecule has 0 bridgehead atoms. The quantitative estimate of drug-likeness (QED) is 0.166. The van der Waals surface area contributed by atoms with Gasteiger partial charge in [0.25, 0.3) is 0 Å². The zero-order valence-electron chi connectivity index (χ0n) is 39.4. The van der Waals surface area contributed by atoms with Crippen LogP contribution >= 0.6 is 0 Å². The van der Waals surface area contributed by atoms with Gasteiger partial charge in [-0.2, -0.15) is 0 Å². The molecule has 2 atom stereocenters. The summed E-state index contributed by atoms with van der Waals surface area (Å²) in [6.45, 7) is 2.62. The van der Waals surface area contributed by atoms with Gasteiger partial charge >= 0.3 is 0 Å². The first-order valence-corrected chi connectivity index (χ1v) is 21.4. The van der Waals surface area contributed by atoms with Gasteiger partial charge in [0.2, 0.25) is 0 Å². The van der Waals surface area contributed by atoms with Crippen molar-refractivity contribution in [3.05, 3.63) is 60.9 Å². The van der Waals surface area contributed by atoms with Crippen molar-refractivity contribution in [1.29, 1.82) is 0 Å². The van der Waals surface area contributed by atoms with E-state index in [9.17, 15) is 0 Å². The number of allylic oxidation sites excluding steroid dienone is 6. The molecule has 22 heteroatoms. The van der Waals surface area contributed by atoms with Crippen LogP contribution in [0.25, 0.3) is 32.8 Å². The van der Waals surface area contributed by atoms with Crippen LogP contribution < -0.4 is 81.9 Å². The molecule has 1 heterocycles. The van der Waals surface area contributed by atoms with Crippen molar-refractivity contribution < 1.29 is 4.42 Å². The molecular weight excluding hydrogens is 663 g/mol. The lowest BCUT2D eigenvalue weighted by atomic mass is 9.38. The fourth-order valence-electron chi connectivity index (χ4n) is 12.8. The van der Waals surface area contributed by atoms with Gasteiger partial charge in [0.05, 0.1) is 0 Å². The number of hydrogen-bond donors (Lipinski definition) is 0. The number of fused-ring (bicyclic) bond motifs is 8. The molecule has 57 heavy (non-hydrogen) atoms. The van der Waals surface area contributed by atoms with Crippen molar-refractivity contribution >= 4 is 280 Å². The molecule has 2 unspecified atom stereocenters. The molecule has 1 aromatic heterocycles. The van der Waals surface area contributed by atoms with Crippen molar-refractivity contribution in [2.45, 2.75) is 17.8 Å². The Bertz CT molecular complexity index is 2960. The Morgan fingerprint density at radius 2 is 0.772 bits per heavy atom. The average Bonchev–Trinajstić information content (AvgIpc) is 3.79. The molecule has 0 N–H and O–H groups in total. The first-order chi connectivity index (χ1) is 26.5. The van der Waals surface area contributed by atoms with Gasteiger partial charge < -0.3 is 4.42 Å². The maximum absolute atomic E-state index is 7.49. The van der Waals surface area contributed by atoms with Crippen molar-refractivity contribution in [1.82, 2.24) is 0 Å². The molecule has 0 amide bonds. The summed E-state index contributed by atoms with van der Waals surface area (Å²) in [5, 5.41) is 3.99. The molecule has 0 aliphatic heterocycles. The topological polar surface area (TPSA) is 13.1 Å². The molecule has 3 aliphatic rings. The Balaban J connectivity index is 1.71. The molecule has 5 aromatic rings. The van der Waals surface area contributed by atoms with E-state index in [0.29, 0.717) is 0 Å². The van der Waals surface area contributed by atoms with Crippen LogP contribution in [0.2, 0.25) is 0 Å². The highest BCUT2D eigenvalue weighted by Crippen LogP contribution is 2.68. The third-order valence-corrected chi connectivity index (χ3v) is 17.9. The first-order valence-electron chi connectivity index (χ1n) is 21.4. The third kappa shape index (κ3) is 4.45. The van der Waals surface area contributed by atoms with Gasteiger partial charge in [-0.3, -0.25) is 0 Å². The lowest BCUT2D eigenvalue weighted by Gasteiger charge is -2.54. The lowest BCUT2D eigenvalue weighted by molar-refractivity contribution is 0.410. The number of hydrogen-bond acceptors (Lipinski definition) is 1. The van der Waals surface area contributed by atoms with Crippen LogP contribution in [0.4, 0.5) is 0 Å². The molecule has 4 aromatic carbocycles. The monoisotopic (exact) mass is 713 g/mol. The van der Waals surface area contributed by atoms with E-state index in [0.717, 1.165) is 11.3 Å². The van der Waals surface area contributed by atoms with Crippen molar-refractivity contribution in [2.24, 2.45) is 0 Å². The second kappa shape index (κ2) is 12.8. The molecule has 1 nitrogen and oxygen atoms in total. The molecule has 254 valence electrons. The van der Waals surface area contributed by atoms with E-state index in [-0.39, 0.29) is 0 Å². The van der Waals surface area contributed by atoms with Gasteiger partial charge in [-0.05, 0) is 33.2 Å². The summed E-state index contributed by atoms with van der Waals surface area (Å²) >= 11 is 0. The van der Waals surface area contributed by atoms with E-state index in [1.165, 1.54) is 164 Å². The third-order valence-electron chi connectivity index (χ3n) is 17.9. The minimum Gasteiger partial charge on any atom is -0.456 e. The molecule has 8 rings (SSSR count). The lowest BCUT2D eigenvalue weighted by Crippen LogP contribution is -2.58. The van der Waals surface area contributed by atoms with Crippen molar-refractivity contribution in [3.63, 3.8) is 0 Å². The summed E-state index contributed by atoms with van der Waals surface area (Å²) in [6, 6.07) is 0. The Morgan fingerprint density at radius 1 is 0.351 bits per heavy atom. The smallest absolute Gasteiger partial charge is 0.143 e. The Kier molecular flexibility index (Phi) is 9.12. The highest BCUT2D eigenvalue weighted by atomic mass is 16.3.